The lowest BCUT2D eigenvalue weighted by Crippen LogP contribution is -2.80. The highest BCUT2D eigenvalue weighted by Crippen LogP contribution is 2.68. The lowest BCUT2D eigenvalue weighted by Gasteiger charge is -2.66. The maximum atomic E-state index is 6.92. The third kappa shape index (κ3) is 2.69. The van der Waals surface area contributed by atoms with E-state index in [1.807, 2.05) is 11.3 Å². The summed E-state index contributed by atoms with van der Waals surface area (Å²) in [4.78, 5) is 1.32. The number of hydrogen-bond acceptors (Lipinski definition) is 2. The van der Waals surface area contributed by atoms with Crippen LogP contribution in [0.3, 0.4) is 0 Å². The minimum absolute atomic E-state index is 0.0741. The van der Waals surface area contributed by atoms with Gasteiger partial charge in [0.1, 0.15) is 28.3 Å². The van der Waals surface area contributed by atoms with E-state index in [0.717, 1.165) is 22.1 Å². The van der Waals surface area contributed by atoms with Gasteiger partial charge in [-0.2, -0.15) is 4.57 Å². The van der Waals surface area contributed by atoms with Crippen LogP contribution in [0.2, 0.25) is 0 Å². The Morgan fingerprint density at radius 2 is 1.76 bits per heavy atom. The second kappa shape index (κ2) is 8.09. The van der Waals surface area contributed by atoms with E-state index in [2.05, 4.69) is 130 Å². The summed E-state index contributed by atoms with van der Waals surface area (Å²) in [7, 11) is 4.86. The number of aryl methyl sites for hydroxylation is 1. The van der Waals surface area contributed by atoms with Gasteiger partial charge in [-0.05, 0) is 61.4 Å². The lowest BCUT2D eigenvalue weighted by atomic mass is 9.46. The molecule has 9 rings (SSSR count). The molecule has 0 bridgehead atoms. The van der Waals surface area contributed by atoms with Crippen molar-refractivity contribution in [3.05, 3.63) is 119 Å². The first-order valence-corrected chi connectivity index (χ1v) is 15.8. The molecule has 3 nitrogen and oxygen atoms in total. The van der Waals surface area contributed by atoms with E-state index < -0.39 is 0 Å². The van der Waals surface area contributed by atoms with Crippen molar-refractivity contribution >= 4 is 49.1 Å². The highest BCUT2D eigenvalue weighted by molar-refractivity contribution is 7.19. The van der Waals surface area contributed by atoms with Gasteiger partial charge in [0.25, 0.3) is 0 Å². The molecule has 42 heavy (non-hydrogen) atoms. The summed E-state index contributed by atoms with van der Waals surface area (Å²) in [5.74, 6) is 0.661. The molecule has 0 N–H and O–H groups in total. The van der Waals surface area contributed by atoms with E-state index >= 15 is 0 Å². The summed E-state index contributed by atoms with van der Waals surface area (Å²) in [6.07, 6.45) is 7.86. The number of furan rings is 1. The Hall–Kier alpha value is -3.99. The lowest BCUT2D eigenvalue weighted by molar-refractivity contribution is -0.914. The molecule has 5 heterocycles. The summed E-state index contributed by atoms with van der Waals surface area (Å²) in [6, 6.07) is 27.6. The highest BCUT2D eigenvalue weighted by Gasteiger charge is 2.77. The molecule has 6 aromatic rings. The van der Waals surface area contributed by atoms with Gasteiger partial charge in [0, 0.05) is 44.3 Å². The zero-order valence-electron chi connectivity index (χ0n) is 24.5. The number of hydrogen-bond donors (Lipinski definition) is 0. The number of quaternary nitrogens is 1. The molecule has 0 saturated heterocycles. The van der Waals surface area contributed by atoms with Gasteiger partial charge in [-0.15, -0.1) is 17.9 Å². The molecule has 0 amide bonds. The molecule has 206 valence electrons. The predicted octanol–water partition coefficient (Wildman–Crippen LogP) is 8.95. The number of aromatic nitrogens is 1. The Bertz CT molecular complexity index is 2180. The Kier molecular flexibility index (Phi) is 4.74. The molecule has 3 aliphatic rings. The van der Waals surface area contributed by atoms with E-state index in [0.29, 0.717) is 17.9 Å². The number of likely N-dealkylation sites (N-methyl/N-ethyl adjacent to an activating group) is 1. The molecule has 4 unspecified atom stereocenters. The summed E-state index contributed by atoms with van der Waals surface area (Å²) < 4.78 is 11.5. The fourth-order valence-corrected chi connectivity index (χ4v) is 10.3. The van der Waals surface area contributed by atoms with Crippen LogP contribution in [-0.4, -0.2) is 24.1 Å². The zero-order chi connectivity index (χ0) is 28.5. The molecule has 4 heteroatoms. The van der Waals surface area contributed by atoms with Crippen molar-refractivity contribution in [1.82, 2.24) is 0 Å². The molecule has 0 radical (unpaired) electrons. The van der Waals surface area contributed by atoms with E-state index in [-0.39, 0.29) is 5.54 Å². The van der Waals surface area contributed by atoms with Crippen molar-refractivity contribution in [3.8, 4) is 11.3 Å². The Morgan fingerprint density at radius 1 is 0.976 bits per heavy atom. The van der Waals surface area contributed by atoms with Crippen LogP contribution < -0.4 is 4.57 Å². The fourth-order valence-electron chi connectivity index (χ4n) is 9.39. The number of fused-ring (bicyclic) bond motifs is 14. The number of thiophene rings is 1. The maximum absolute atomic E-state index is 6.92. The first-order chi connectivity index (χ1) is 20.4. The van der Waals surface area contributed by atoms with Crippen molar-refractivity contribution in [3.63, 3.8) is 0 Å². The van der Waals surface area contributed by atoms with Crippen LogP contribution in [0.1, 0.15) is 40.5 Å². The third-order valence-electron chi connectivity index (χ3n) is 11.0. The van der Waals surface area contributed by atoms with Gasteiger partial charge < -0.3 is 4.42 Å². The van der Waals surface area contributed by atoms with Crippen LogP contribution in [0.4, 0.5) is 0 Å². The van der Waals surface area contributed by atoms with Crippen molar-refractivity contribution in [1.29, 1.82) is 0 Å². The monoisotopic (exact) mass is 566 g/mol. The van der Waals surface area contributed by atoms with E-state index in [4.69, 9.17) is 4.42 Å². The van der Waals surface area contributed by atoms with Crippen LogP contribution in [0.5, 0.6) is 0 Å². The topological polar surface area (TPSA) is 17.0 Å². The standard InChI is InChI=1S/C38H34N2OS/c1-6-29-35-34(25-13-9-8-12-24(25)30-14-10-11-19-39(30)35)38(29)21-23-15-16-27-26-17-18-32-28(20-22(3)42-32)36(26)41-37(27)33(23)31(7-2)40(38,4)5/h6-20,29,34-35H,1,21H2,2-5H3/q+2/b31-7-. The van der Waals surface area contributed by atoms with Gasteiger partial charge >= 0.3 is 0 Å². The average Bonchev–Trinajstić information content (AvgIpc) is 3.56. The minimum Gasteiger partial charge on any atom is -0.454 e. The zero-order valence-corrected chi connectivity index (χ0v) is 25.3. The second-order valence-electron chi connectivity index (χ2n) is 12.9. The Balaban J connectivity index is 1.32. The molecule has 3 aromatic carbocycles. The number of allylic oxidation sites excluding steroid dienone is 1. The summed E-state index contributed by atoms with van der Waals surface area (Å²) in [5, 5.41) is 3.65. The average molecular weight is 567 g/mol. The first kappa shape index (κ1) is 24.6. The minimum atomic E-state index is -0.0741. The van der Waals surface area contributed by atoms with Gasteiger partial charge in [-0.3, -0.25) is 4.48 Å². The summed E-state index contributed by atoms with van der Waals surface area (Å²) in [6.45, 7) is 8.86. The van der Waals surface area contributed by atoms with Gasteiger partial charge in [-0.25, -0.2) is 0 Å². The molecule has 1 aliphatic carbocycles. The predicted molar refractivity (Wildman–Crippen MR) is 174 cm³/mol. The summed E-state index contributed by atoms with van der Waals surface area (Å²) in [5.41, 5.74) is 10.1. The Morgan fingerprint density at radius 3 is 2.60 bits per heavy atom. The van der Waals surface area contributed by atoms with E-state index in [1.165, 1.54) is 59.4 Å². The molecule has 4 atom stereocenters. The number of rotatable bonds is 1. The largest absolute Gasteiger partial charge is 0.454 e. The van der Waals surface area contributed by atoms with Crippen molar-refractivity contribution in [2.75, 3.05) is 14.1 Å². The van der Waals surface area contributed by atoms with Crippen LogP contribution in [0.25, 0.3) is 49.0 Å². The maximum Gasteiger partial charge on any atom is 0.213 e. The van der Waals surface area contributed by atoms with Crippen molar-refractivity contribution in [2.24, 2.45) is 5.92 Å². The molecule has 1 fully saturated rings. The highest BCUT2D eigenvalue weighted by atomic mass is 32.1. The second-order valence-corrected chi connectivity index (χ2v) is 14.2. The van der Waals surface area contributed by atoms with Gasteiger partial charge in [0.15, 0.2) is 12.2 Å². The molecule has 2 aliphatic heterocycles. The SMILES string of the molecule is C=CC1C2C(c3ccccc3-c3cccc[n+]32)C12Cc1ccc3c(oc4c5cc(C)sc5ccc34)c1/C(=C/C)[N+]2(C)C. The van der Waals surface area contributed by atoms with Crippen molar-refractivity contribution in [2.45, 2.75) is 37.8 Å². The normalized spacial score (nSPS) is 26.2. The smallest absolute Gasteiger partial charge is 0.213 e. The van der Waals surface area contributed by atoms with Gasteiger partial charge in [-0.1, -0.05) is 36.4 Å². The molecule has 1 spiro atoms. The molecular weight excluding hydrogens is 532 g/mol. The van der Waals surface area contributed by atoms with Crippen molar-refractivity contribution < 1.29 is 13.5 Å². The van der Waals surface area contributed by atoms with Crippen LogP contribution in [0.15, 0.2) is 102 Å². The quantitative estimate of drug-likeness (QED) is 0.110. The number of pyridine rings is 1. The number of benzene rings is 3. The fraction of sp³-hybridized carbons (Fsp3) is 0.237. The van der Waals surface area contributed by atoms with Gasteiger partial charge in [0.05, 0.1) is 31.1 Å². The number of nitrogens with zero attached hydrogens (tertiary/aromatic N) is 2. The first-order valence-electron chi connectivity index (χ1n) is 15.0. The van der Waals surface area contributed by atoms with Crippen LogP contribution >= 0.6 is 11.3 Å². The molecule has 1 saturated carbocycles. The molecular formula is C38H34N2OS+2. The molecule has 3 aromatic heterocycles. The van der Waals surface area contributed by atoms with Crippen LogP contribution in [0, 0.1) is 12.8 Å². The van der Waals surface area contributed by atoms with E-state index in [9.17, 15) is 0 Å². The third-order valence-corrected chi connectivity index (χ3v) is 12.0. The summed E-state index contributed by atoms with van der Waals surface area (Å²) >= 11 is 1.84. The Labute approximate surface area is 250 Å². The van der Waals surface area contributed by atoms with E-state index in [1.54, 1.807) is 0 Å². The van der Waals surface area contributed by atoms with Gasteiger partial charge in [0.2, 0.25) is 5.69 Å². The van der Waals surface area contributed by atoms with Crippen LogP contribution in [-0.2, 0) is 6.42 Å².